The summed E-state index contributed by atoms with van der Waals surface area (Å²) in [5.41, 5.74) is 9.11. The van der Waals surface area contributed by atoms with Crippen LogP contribution in [0.2, 0.25) is 0 Å². The van der Waals surface area contributed by atoms with E-state index in [1.807, 2.05) is 69.6 Å². The molecule has 0 saturated heterocycles. The lowest BCUT2D eigenvalue weighted by Gasteiger charge is -2.57. The zero-order chi connectivity index (χ0) is 19.8. The Bertz CT molecular complexity index is 828. The number of benzene rings is 1. The van der Waals surface area contributed by atoms with Gasteiger partial charge in [-0.2, -0.15) is 5.10 Å². The summed E-state index contributed by atoms with van der Waals surface area (Å²) in [5.74, 6) is -0.130. The molecule has 27 heavy (non-hydrogen) atoms. The van der Waals surface area contributed by atoms with Crippen molar-refractivity contribution in [2.24, 2.45) is 11.1 Å². The van der Waals surface area contributed by atoms with Crippen molar-refractivity contribution in [3.8, 4) is 5.69 Å². The number of nitrogens with two attached hydrogens (primary N) is 1. The molecule has 1 aromatic carbocycles. The number of rotatable bonds is 6. The number of nitrogens with one attached hydrogen (secondary N) is 1. The Hall–Kier alpha value is -2.18. The van der Waals surface area contributed by atoms with Gasteiger partial charge >= 0.3 is 0 Å². The minimum atomic E-state index is -0.913. The zero-order valence-electron chi connectivity index (χ0n) is 16.9. The highest BCUT2D eigenvalue weighted by Gasteiger charge is 2.62. The number of aromatic nitrogens is 2. The van der Waals surface area contributed by atoms with Crippen molar-refractivity contribution in [2.75, 3.05) is 6.61 Å². The largest absolute Gasteiger partial charge is 0.378 e. The molecule has 1 aliphatic rings. The van der Waals surface area contributed by atoms with Crippen LogP contribution in [-0.2, 0) is 16.1 Å². The number of carbonyl (C=O) groups excluding carboxylic acids is 1. The maximum absolute atomic E-state index is 12.9. The molecule has 1 aliphatic carbocycles. The normalized spacial score (nSPS) is 23.7. The molecule has 6 nitrogen and oxygen atoms in total. The fraction of sp³-hybridized carbons (Fsp3) is 0.524. The van der Waals surface area contributed by atoms with Gasteiger partial charge in [-0.3, -0.25) is 4.79 Å². The second-order valence-electron chi connectivity index (χ2n) is 7.92. The highest BCUT2D eigenvalue weighted by Crippen LogP contribution is 2.49. The van der Waals surface area contributed by atoms with E-state index in [0.717, 1.165) is 22.6 Å². The molecular formula is C21H30N4O2. The molecule has 0 aliphatic heterocycles. The predicted molar refractivity (Wildman–Crippen MR) is 106 cm³/mol. The van der Waals surface area contributed by atoms with Crippen molar-refractivity contribution in [3.63, 3.8) is 0 Å². The van der Waals surface area contributed by atoms with E-state index in [4.69, 9.17) is 10.5 Å². The Morgan fingerprint density at radius 2 is 2.00 bits per heavy atom. The van der Waals surface area contributed by atoms with Gasteiger partial charge in [0, 0.05) is 36.2 Å². The summed E-state index contributed by atoms with van der Waals surface area (Å²) >= 11 is 0. The summed E-state index contributed by atoms with van der Waals surface area (Å²) < 4.78 is 7.63. The van der Waals surface area contributed by atoms with E-state index in [0.29, 0.717) is 19.6 Å². The molecule has 1 fully saturated rings. The van der Waals surface area contributed by atoms with Gasteiger partial charge in [0.2, 0.25) is 5.91 Å². The van der Waals surface area contributed by atoms with Gasteiger partial charge in [0.25, 0.3) is 0 Å². The summed E-state index contributed by atoms with van der Waals surface area (Å²) in [6.45, 7) is 11.0. The minimum absolute atomic E-state index is 0.0163. The van der Waals surface area contributed by atoms with Crippen LogP contribution in [0, 0.1) is 19.3 Å². The van der Waals surface area contributed by atoms with Crippen LogP contribution in [0.1, 0.15) is 44.1 Å². The Morgan fingerprint density at radius 3 is 2.59 bits per heavy atom. The van der Waals surface area contributed by atoms with Gasteiger partial charge in [-0.15, -0.1) is 0 Å². The first-order valence-electron chi connectivity index (χ1n) is 9.51. The molecule has 0 bridgehead atoms. The number of ether oxygens (including phenoxy) is 1. The summed E-state index contributed by atoms with van der Waals surface area (Å²) in [6, 6.07) is 9.98. The molecule has 1 amide bonds. The minimum Gasteiger partial charge on any atom is -0.378 e. The van der Waals surface area contributed by atoms with Crippen LogP contribution in [0.4, 0.5) is 0 Å². The monoisotopic (exact) mass is 370 g/mol. The number of amides is 1. The number of hydrogen-bond acceptors (Lipinski definition) is 4. The topological polar surface area (TPSA) is 82.2 Å². The van der Waals surface area contributed by atoms with E-state index in [2.05, 4.69) is 10.4 Å². The molecule has 1 heterocycles. The van der Waals surface area contributed by atoms with Crippen LogP contribution in [0.5, 0.6) is 0 Å². The molecule has 146 valence electrons. The van der Waals surface area contributed by atoms with Gasteiger partial charge in [-0.1, -0.05) is 32.0 Å². The smallest absolute Gasteiger partial charge is 0.241 e. The molecular weight excluding hydrogens is 340 g/mol. The van der Waals surface area contributed by atoms with Crippen LogP contribution >= 0.6 is 0 Å². The Morgan fingerprint density at radius 1 is 1.33 bits per heavy atom. The summed E-state index contributed by atoms with van der Waals surface area (Å²) in [5, 5.41) is 7.67. The third kappa shape index (κ3) is 3.17. The van der Waals surface area contributed by atoms with Gasteiger partial charge in [0.05, 0.1) is 17.5 Å². The van der Waals surface area contributed by atoms with E-state index < -0.39 is 11.0 Å². The lowest BCUT2D eigenvalue weighted by atomic mass is 9.54. The first-order valence-corrected chi connectivity index (χ1v) is 9.51. The third-order valence-electron chi connectivity index (χ3n) is 6.10. The van der Waals surface area contributed by atoms with Crippen LogP contribution in [0.3, 0.4) is 0 Å². The van der Waals surface area contributed by atoms with Gasteiger partial charge in [0.15, 0.2) is 0 Å². The van der Waals surface area contributed by atoms with Crippen molar-refractivity contribution < 1.29 is 9.53 Å². The summed E-state index contributed by atoms with van der Waals surface area (Å²) in [7, 11) is 0. The number of nitrogens with zero attached hydrogens (tertiary/aromatic N) is 2. The van der Waals surface area contributed by atoms with Gasteiger partial charge < -0.3 is 15.8 Å². The second-order valence-corrected chi connectivity index (χ2v) is 7.92. The Labute approximate surface area is 161 Å². The Balaban J connectivity index is 1.73. The number of aryl methyl sites for hydroxylation is 1. The Kier molecular flexibility index (Phi) is 5.14. The first-order chi connectivity index (χ1) is 12.7. The number of para-hydroxylation sites is 1. The lowest BCUT2D eigenvalue weighted by Crippen LogP contribution is -2.75. The molecule has 0 spiro atoms. The van der Waals surface area contributed by atoms with Crippen LogP contribution < -0.4 is 11.1 Å². The molecule has 2 unspecified atom stereocenters. The second kappa shape index (κ2) is 7.09. The number of hydrogen-bond donors (Lipinski definition) is 2. The third-order valence-corrected chi connectivity index (χ3v) is 6.10. The molecule has 2 aromatic rings. The van der Waals surface area contributed by atoms with Crippen LogP contribution in [0.25, 0.3) is 5.69 Å². The zero-order valence-corrected chi connectivity index (χ0v) is 16.9. The van der Waals surface area contributed by atoms with Crippen molar-refractivity contribution in [2.45, 2.75) is 59.2 Å². The van der Waals surface area contributed by atoms with Gasteiger partial charge in [-0.05, 0) is 32.9 Å². The standard InChI is InChI=1S/C21H30N4O2/c1-6-27-18-12-21(22,20(18,4)5)19(26)23-13-17-14(2)24-25(15(17)3)16-10-8-7-9-11-16/h7-11,18H,6,12-13,22H2,1-5H3,(H,23,26). The van der Waals surface area contributed by atoms with E-state index >= 15 is 0 Å². The highest BCUT2D eigenvalue weighted by molar-refractivity contribution is 5.88. The quantitative estimate of drug-likeness (QED) is 0.819. The molecule has 6 heteroatoms. The maximum Gasteiger partial charge on any atom is 0.241 e. The van der Waals surface area contributed by atoms with Crippen LogP contribution in [-0.4, -0.2) is 33.9 Å². The van der Waals surface area contributed by atoms with Crippen molar-refractivity contribution in [3.05, 3.63) is 47.3 Å². The fourth-order valence-corrected chi connectivity index (χ4v) is 3.90. The lowest BCUT2D eigenvalue weighted by molar-refractivity contribution is -0.170. The molecule has 2 atom stereocenters. The van der Waals surface area contributed by atoms with E-state index in [1.54, 1.807) is 0 Å². The van der Waals surface area contributed by atoms with E-state index in [9.17, 15) is 4.79 Å². The summed E-state index contributed by atoms with van der Waals surface area (Å²) in [6.07, 6.45) is 0.559. The molecule has 1 saturated carbocycles. The molecule has 1 aromatic heterocycles. The molecule has 3 N–H and O–H groups in total. The first kappa shape index (κ1) is 19.6. The fourth-order valence-electron chi connectivity index (χ4n) is 3.90. The van der Waals surface area contributed by atoms with Gasteiger partial charge in [-0.25, -0.2) is 4.68 Å². The highest BCUT2D eigenvalue weighted by atomic mass is 16.5. The average Bonchev–Trinajstić information content (AvgIpc) is 2.94. The van der Waals surface area contributed by atoms with Crippen molar-refractivity contribution >= 4 is 5.91 Å². The summed E-state index contributed by atoms with van der Waals surface area (Å²) in [4.78, 5) is 12.9. The van der Waals surface area contributed by atoms with Crippen molar-refractivity contribution in [1.82, 2.24) is 15.1 Å². The van der Waals surface area contributed by atoms with E-state index in [1.165, 1.54) is 0 Å². The molecule has 0 radical (unpaired) electrons. The molecule has 3 rings (SSSR count). The van der Waals surface area contributed by atoms with E-state index in [-0.39, 0.29) is 12.0 Å². The predicted octanol–water partition coefficient (Wildman–Crippen LogP) is 2.64. The van der Waals surface area contributed by atoms with Gasteiger partial charge in [0.1, 0.15) is 5.54 Å². The number of carbonyl (C=O) groups is 1. The van der Waals surface area contributed by atoms with Crippen molar-refractivity contribution in [1.29, 1.82) is 0 Å². The average molecular weight is 370 g/mol. The van der Waals surface area contributed by atoms with Crippen LogP contribution in [0.15, 0.2) is 30.3 Å². The SMILES string of the molecule is CCOC1CC(N)(C(=O)NCc2c(C)nn(-c3ccccc3)c2C)C1(C)C. The maximum atomic E-state index is 12.9.